The summed E-state index contributed by atoms with van der Waals surface area (Å²) in [5.74, 6) is -15.7. The summed E-state index contributed by atoms with van der Waals surface area (Å²) in [6.07, 6.45) is -2.97. The number of aliphatic hydroxyl groups is 3. The zero-order chi connectivity index (χ0) is 93.7. The molecule has 1 aromatic heterocycles. The fourth-order valence-electron chi connectivity index (χ4n) is 12.6. The molecule has 5 aromatic rings. The van der Waals surface area contributed by atoms with E-state index < -0.39 is 210 Å². The maximum absolute atomic E-state index is 15.4. The molecule has 0 radical (unpaired) electrons. The third kappa shape index (κ3) is 36.8. The number of aliphatic hydroxyl groups excluding tert-OH is 3. The minimum atomic E-state index is -1.91. The molecule has 0 saturated carbocycles. The SMILES string of the molecule is CC(C)C.CN[C@@H](CS)C(=O)C(=O)CNC(=O)[C@H](C)NN[C@@H](CS)C(=O)NC(CCCCN)C(=O)N[C@@H](CC(N)=O)C(=O)NC(Cc1ccccc1)C(=O)N[C@@H](Cc1ccccc1)C(=O)NC(Cc1c[nH]c2ccccc12)C(=O)N[C@@H](CCCCN)C(=O)N[C@H](C(=O)N[C@@H](Cc1ccccc1)C(=O)N[C@H](C(=O)N[C@@H](CO)C(=O)C(=O)[C@H](CS)NC)[C@@H](C)O)[C@@H](C)O. The van der Waals surface area contributed by atoms with Crippen LogP contribution in [-0.2, 0) is 102 Å². The Labute approximate surface area is 749 Å². The number of benzene rings is 4. The summed E-state index contributed by atoms with van der Waals surface area (Å²) in [5.41, 5.74) is 25.3. The van der Waals surface area contributed by atoms with Gasteiger partial charge >= 0.3 is 0 Å². The highest BCUT2D eigenvalue weighted by molar-refractivity contribution is 7.80. The summed E-state index contributed by atoms with van der Waals surface area (Å²) in [6.45, 7) is 8.77. The molecule has 16 atom stereocenters. The number of hydrogen-bond donors (Lipinski definition) is 25. The minimum absolute atomic E-state index is 0.0270. The third-order valence-electron chi connectivity index (χ3n) is 19.6. The Bertz CT molecular complexity index is 4380. The molecule has 0 aliphatic carbocycles. The number of Topliss-reactive ketones (excluding diaryl/α,β-unsaturated/α-hetero) is 4. The van der Waals surface area contributed by atoms with Crippen LogP contribution in [0, 0.1) is 5.92 Å². The van der Waals surface area contributed by atoms with Crippen molar-refractivity contribution in [2.24, 2.45) is 23.1 Å². The van der Waals surface area contributed by atoms with E-state index in [0.717, 1.165) is 19.8 Å². The molecular weight excluding hydrogens is 1690 g/mol. The van der Waals surface area contributed by atoms with E-state index in [1.165, 1.54) is 21.0 Å². The number of likely N-dealkylation sites (N-methyl/N-ethyl adjacent to an activating group) is 2. The Kier molecular flexibility index (Phi) is 48.9. The van der Waals surface area contributed by atoms with Gasteiger partial charge in [-0.15, -0.1) is 0 Å². The van der Waals surface area contributed by atoms with Gasteiger partial charge in [0, 0.05) is 60.0 Å². The number of thiol groups is 3. The molecule has 25 N–H and O–H groups in total. The lowest BCUT2D eigenvalue weighted by Crippen LogP contribution is -2.63. The number of hydrogen-bond acceptors (Lipinski definition) is 28. The number of aromatic amines is 1. The lowest BCUT2D eigenvalue weighted by Gasteiger charge is -2.29. The smallest absolute Gasteiger partial charge is 0.245 e. The van der Waals surface area contributed by atoms with Gasteiger partial charge in [0.2, 0.25) is 94.0 Å². The number of aromatic nitrogens is 1. The van der Waals surface area contributed by atoms with Crippen molar-refractivity contribution in [2.45, 2.75) is 209 Å². The van der Waals surface area contributed by atoms with Crippen molar-refractivity contribution < 1.29 is 92.0 Å². The molecule has 0 bridgehead atoms. The lowest BCUT2D eigenvalue weighted by atomic mass is 10.00. The van der Waals surface area contributed by atoms with Gasteiger partial charge in [-0.1, -0.05) is 130 Å². The van der Waals surface area contributed by atoms with E-state index in [0.29, 0.717) is 46.0 Å². The highest BCUT2D eigenvalue weighted by atomic mass is 32.1. The molecule has 692 valence electrons. The topological polar surface area (TPSA) is 608 Å². The van der Waals surface area contributed by atoms with Gasteiger partial charge in [-0.2, -0.15) is 37.9 Å². The largest absolute Gasteiger partial charge is 0.394 e. The van der Waals surface area contributed by atoms with E-state index in [2.05, 4.69) is 144 Å². The zero-order valence-corrected chi connectivity index (χ0v) is 74.7. The number of ketones is 4. The van der Waals surface area contributed by atoms with Crippen molar-refractivity contribution in [1.82, 2.24) is 85.0 Å². The maximum atomic E-state index is 15.4. The van der Waals surface area contributed by atoms with E-state index in [4.69, 9.17) is 17.2 Å². The zero-order valence-electron chi connectivity index (χ0n) is 72.0. The molecule has 5 rings (SSSR count). The number of carbonyl (C=O) groups is 16. The van der Waals surface area contributed by atoms with E-state index >= 15 is 14.4 Å². The van der Waals surface area contributed by atoms with Crippen molar-refractivity contribution >= 4 is 143 Å². The van der Waals surface area contributed by atoms with E-state index in [1.54, 1.807) is 121 Å². The predicted octanol–water partition coefficient (Wildman–Crippen LogP) is -3.95. The van der Waals surface area contributed by atoms with E-state index in [9.17, 15) is 77.6 Å². The Morgan fingerprint density at radius 3 is 1.13 bits per heavy atom. The second-order valence-electron chi connectivity index (χ2n) is 30.8. The van der Waals surface area contributed by atoms with Crippen LogP contribution >= 0.6 is 37.9 Å². The van der Waals surface area contributed by atoms with Gasteiger partial charge in [0.1, 0.15) is 66.5 Å². The number of primary amides is 1. The van der Waals surface area contributed by atoms with Crippen LogP contribution in [0.25, 0.3) is 10.9 Å². The van der Waals surface area contributed by atoms with Gasteiger partial charge in [-0.05, 0) is 121 Å². The number of para-hydroxylation sites is 1. The first-order valence-electron chi connectivity index (χ1n) is 41.5. The van der Waals surface area contributed by atoms with Crippen LogP contribution in [0.15, 0.2) is 121 Å². The Morgan fingerprint density at radius 2 is 0.730 bits per heavy atom. The number of unbranched alkanes of at least 4 members (excludes halogenated alkanes) is 2. The fraction of sp³-hybridized carbons (Fsp3) is 0.506. The quantitative estimate of drug-likeness (QED) is 0.00764. The molecule has 0 spiro atoms. The molecule has 0 fully saturated rings. The number of H-pyrrole nitrogens is 1. The normalized spacial score (nSPS) is 15.0. The Hall–Kier alpha value is -10.6. The number of hydrazine groups is 1. The van der Waals surface area contributed by atoms with Gasteiger partial charge in [0.25, 0.3) is 0 Å². The molecular formula is C85H125N19O19S3. The van der Waals surface area contributed by atoms with Crippen LogP contribution in [0.4, 0.5) is 0 Å². The van der Waals surface area contributed by atoms with Crippen LogP contribution < -0.4 is 97.2 Å². The number of carbonyl (C=O) groups excluding carboxylic acids is 16. The molecule has 1 heterocycles. The van der Waals surface area contributed by atoms with Gasteiger partial charge in [0.15, 0.2) is 0 Å². The molecule has 4 aromatic carbocycles. The highest BCUT2D eigenvalue weighted by Gasteiger charge is 2.40. The summed E-state index contributed by atoms with van der Waals surface area (Å²) in [7, 11) is 2.86. The second kappa shape index (κ2) is 57.2. The van der Waals surface area contributed by atoms with Crippen molar-refractivity contribution in [2.75, 3.05) is 57.6 Å². The summed E-state index contributed by atoms with van der Waals surface area (Å²) in [5, 5.41) is 66.0. The summed E-state index contributed by atoms with van der Waals surface area (Å²) >= 11 is 12.4. The monoisotopic (exact) mass is 1810 g/mol. The molecule has 0 aliphatic rings. The first kappa shape index (κ1) is 108. The average Bonchev–Trinajstić information content (AvgIpc) is 1.61. The first-order valence-corrected chi connectivity index (χ1v) is 43.4. The van der Waals surface area contributed by atoms with Gasteiger partial charge in [-0.3, -0.25) is 76.7 Å². The van der Waals surface area contributed by atoms with Gasteiger partial charge < -0.3 is 107 Å². The molecule has 0 aliphatic heterocycles. The van der Waals surface area contributed by atoms with Crippen LogP contribution in [0.2, 0.25) is 0 Å². The molecule has 0 saturated heterocycles. The standard InChI is InChI=1S/C81H115N19O19S3.C4H10/c1-44(71(109)88-39-64(104)68(106)61(41-120)85-4)99-100-63(43-122)79(117)90-53(29-17-19-31-82)72(110)94-59(37-65(84)105)77(115)92-55(33-47-21-9-6-10-22-47)74(112)91-56(34-48-23-11-7-12-24-48)75(113)93-58(36-50-38-87-52-28-16-15-27-51(50)52)76(114)89-54(30-18-20-32-83)73(111)97-66(45(2)102)80(118)95-57(35-49-25-13-8-14-26-49)78(116)98-67(46(3)103)81(119)96-60(40-101)69(107)70(108)62(42-121)86-5;1-4(2)3/h6-16,21-28,38,44-46,53-63,66-67,85-87,99-103,120-122H,17-20,29-37,39-43,82-83H2,1-5H3,(H2,84,105)(H,88,109)(H,89,114)(H,90,117)(H,91,112)(H,92,115)(H,93,113)(H,94,110)(H,95,118)(H,96,119)(H,97,111)(H,98,116);4H,1-3H3/t44-,45+,46+,53?,54-,55?,56-,57-,58?,59-,60-,61-,62-,63-,66-,67-;/m0./s1. The predicted molar refractivity (Wildman–Crippen MR) is 482 cm³/mol. The van der Waals surface area contributed by atoms with Crippen molar-refractivity contribution in [3.8, 4) is 0 Å². The molecule has 3 unspecified atom stereocenters. The van der Waals surface area contributed by atoms with E-state index in [-0.39, 0.29) is 81.7 Å². The van der Waals surface area contributed by atoms with Crippen LogP contribution in [0.5, 0.6) is 0 Å². The minimum Gasteiger partial charge on any atom is -0.394 e. The summed E-state index contributed by atoms with van der Waals surface area (Å²) in [4.78, 5) is 227. The number of fused-ring (bicyclic) bond motifs is 1. The number of rotatable bonds is 57. The van der Waals surface area contributed by atoms with Crippen LogP contribution in [0.3, 0.4) is 0 Å². The number of nitrogens with one attached hydrogen (secondary N) is 16. The summed E-state index contributed by atoms with van der Waals surface area (Å²) in [6, 6.07) is 10.5. The number of amides is 12. The average molecular weight is 1810 g/mol. The Balaban J connectivity index is 0.00000813. The van der Waals surface area contributed by atoms with E-state index in [1.807, 2.05) is 0 Å². The van der Waals surface area contributed by atoms with Crippen LogP contribution in [0.1, 0.15) is 109 Å². The fourth-order valence-corrected chi connectivity index (χ4v) is 13.5. The first-order chi connectivity index (χ1) is 60.0. The van der Waals surface area contributed by atoms with Crippen molar-refractivity contribution in [1.29, 1.82) is 0 Å². The van der Waals surface area contributed by atoms with Crippen molar-refractivity contribution in [3.05, 3.63) is 144 Å². The molecule has 126 heavy (non-hydrogen) atoms. The van der Waals surface area contributed by atoms with Crippen molar-refractivity contribution in [3.63, 3.8) is 0 Å². The number of nitrogens with two attached hydrogens (primary N) is 3. The lowest BCUT2D eigenvalue weighted by molar-refractivity contribution is -0.141. The third-order valence-corrected chi connectivity index (χ3v) is 20.7. The molecule has 41 heteroatoms. The Morgan fingerprint density at radius 1 is 0.389 bits per heavy atom. The molecule has 38 nitrogen and oxygen atoms in total. The van der Waals surface area contributed by atoms with Gasteiger partial charge in [-0.25, -0.2) is 10.9 Å². The molecule has 12 amide bonds. The van der Waals surface area contributed by atoms with Gasteiger partial charge in [0.05, 0.1) is 49.9 Å². The maximum Gasteiger partial charge on any atom is 0.245 e. The second-order valence-corrected chi connectivity index (χ2v) is 31.9. The summed E-state index contributed by atoms with van der Waals surface area (Å²) < 4.78 is 0. The van der Waals surface area contributed by atoms with Crippen LogP contribution in [-0.4, -0.2) is 269 Å². The highest BCUT2D eigenvalue weighted by Crippen LogP contribution is 2.21.